The molecule has 25 heavy (non-hydrogen) atoms. The zero-order chi connectivity index (χ0) is 17.5. The molecule has 1 fully saturated rings. The van der Waals surface area contributed by atoms with Gasteiger partial charge in [0, 0.05) is 32.1 Å². The van der Waals surface area contributed by atoms with E-state index in [1.54, 1.807) is 6.07 Å². The minimum absolute atomic E-state index is 0.318. The number of phenolic OH excluding ortho intramolecular Hbond substituents is 1. The summed E-state index contributed by atoms with van der Waals surface area (Å²) in [5.41, 5.74) is 2.53. The summed E-state index contributed by atoms with van der Waals surface area (Å²) >= 11 is 0. The number of nitrogens with zero attached hydrogens (tertiary/aromatic N) is 2. The Balaban J connectivity index is 1.61. The minimum atomic E-state index is 0.318. The Hall–Kier alpha value is -2.49. The molecule has 0 aromatic heterocycles. The smallest absolute Gasteiger partial charge is 0.193 e. The van der Waals surface area contributed by atoms with Crippen molar-refractivity contribution in [2.24, 2.45) is 4.99 Å². The summed E-state index contributed by atoms with van der Waals surface area (Å²) in [4.78, 5) is 7.16. The molecular formula is C21H27N3O. The van der Waals surface area contributed by atoms with Gasteiger partial charge in [-0.25, -0.2) is 0 Å². The number of phenols is 1. The van der Waals surface area contributed by atoms with E-state index in [1.807, 2.05) is 18.2 Å². The second-order valence-electron chi connectivity index (χ2n) is 6.50. The van der Waals surface area contributed by atoms with Gasteiger partial charge in [0.05, 0.1) is 0 Å². The standard InChI is InChI=1S/C21H27N3O/c1-2-22-21(23-13-11-17-7-6-10-20(25)15-17)24-14-12-19(16-24)18-8-4-3-5-9-18/h3-10,15,19,25H,2,11-14,16H2,1H3,(H,22,23). The van der Waals surface area contributed by atoms with Crippen LogP contribution in [0.5, 0.6) is 5.75 Å². The molecule has 0 aliphatic carbocycles. The molecule has 3 rings (SSSR count). The molecule has 0 amide bonds. The molecule has 0 saturated carbocycles. The molecule has 4 heteroatoms. The SMILES string of the molecule is CCNC(=NCCc1cccc(O)c1)N1CCC(c2ccccc2)C1. The average Bonchev–Trinajstić information content (AvgIpc) is 3.12. The molecule has 2 N–H and O–H groups in total. The molecule has 0 bridgehead atoms. The molecule has 1 heterocycles. The van der Waals surface area contributed by atoms with Crippen molar-refractivity contribution in [3.8, 4) is 5.75 Å². The molecule has 1 aliphatic rings. The van der Waals surface area contributed by atoms with E-state index in [2.05, 4.69) is 47.5 Å². The van der Waals surface area contributed by atoms with Gasteiger partial charge in [-0.15, -0.1) is 0 Å². The lowest BCUT2D eigenvalue weighted by atomic mass is 9.99. The van der Waals surface area contributed by atoms with Gasteiger partial charge in [0.15, 0.2) is 5.96 Å². The predicted molar refractivity (Wildman–Crippen MR) is 103 cm³/mol. The number of nitrogens with one attached hydrogen (secondary N) is 1. The van der Waals surface area contributed by atoms with Crippen LogP contribution in [0, 0.1) is 0 Å². The quantitative estimate of drug-likeness (QED) is 0.649. The van der Waals surface area contributed by atoms with Crippen LogP contribution in [0.4, 0.5) is 0 Å². The number of guanidine groups is 1. The summed E-state index contributed by atoms with van der Waals surface area (Å²) in [6.07, 6.45) is 2.00. The zero-order valence-corrected chi connectivity index (χ0v) is 14.9. The molecule has 2 aromatic rings. The van der Waals surface area contributed by atoms with Crippen molar-refractivity contribution in [2.75, 3.05) is 26.2 Å². The Morgan fingerprint density at radius 3 is 2.80 bits per heavy atom. The van der Waals surface area contributed by atoms with Crippen LogP contribution in [0.3, 0.4) is 0 Å². The molecule has 2 aromatic carbocycles. The molecule has 1 unspecified atom stereocenters. The third-order valence-electron chi connectivity index (χ3n) is 4.67. The van der Waals surface area contributed by atoms with Gasteiger partial charge < -0.3 is 15.3 Å². The molecule has 1 saturated heterocycles. The summed E-state index contributed by atoms with van der Waals surface area (Å²) in [5, 5.41) is 13.0. The Bertz CT molecular complexity index is 699. The highest BCUT2D eigenvalue weighted by Gasteiger charge is 2.25. The first-order chi connectivity index (χ1) is 12.3. The van der Waals surface area contributed by atoms with E-state index in [1.165, 1.54) is 12.0 Å². The van der Waals surface area contributed by atoms with Crippen molar-refractivity contribution in [2.45, 2.75) is 25.7 Å². The number of rotatable bonds is 5. The number of benzene rings is 2. The highest BCUT2D eigenvalue weighted by molar-refractivity contribution is 5.80. The highest BCUT2D eigenvalue weighted by atomic mass is 16.3. The lowest BCUT2D eigenvalue weighted by molar-refractivity contribution is 0.474. The Kier molecular flexibility index (Phi) is 5.94. The number of hydrogen-bond donors (Lipinski definition) is 2. The minimum Gasteiger partial charge on any atom is -0.508 e. The second kappa shape index (κ2) is 8.56. The maximum absolute atomic E-state index is 9.56. The van der Waals surface area contributed by atoms with Crippen molar-refractivity contribution in [3.05, 3.63) is 65.7 Å². The fraction of sp³-hybridized carbons (Fsp3) is 0.381. The van der Waals surface area contributed by atoms with Crippen LogP contribution in [-0.2, 0) is 6.42 Å². The van der Waals surface area contributed by atoms with E-state index in [0.717, 1.165) is 44.1 Å². The molecule has 1 atom stereocenters. The molecule has 132 valence electrons. The molecule has 0 radical (unpaired) electrons. The topological polar surface area (TPSA) is 47.9 Å². The van der Waals surface area contributed by atoms with E-state index < -0.39 is 0 Å². The zero-order valence-electron chi connectivity index (χ0n) is 14.9. The van der Waals surface area contributed by atoms with E-state index in [0.29, 0.717) is 11.7 Å². The van der Waals surface area contributed by atoms with Gasteiger partial charge in [-0.3, -0.25) is 4.99 Å². The number of aliphatic imine (C=N–C) groups is 1. The van der Waals surface area contributed by atoms with Crippen LogP contribution in [0.1, 0.15) is 30.4 Å². The Morgan fingerprint density at radius 1 is 1.20 bits per heavy atom. The van der Waals surface area contributed by atoms with Crippen LogP contribution in [0.15, 0.2) is 59.6 Å². The maximum Gasteiger partial charge on any atom is 0.193 e. The first-order valence-corrected chi connectivity index (χ1v) is 9.12. The van der Waals surface area contributed by atoms with Gasteiger partial charge in [0.1, 0.15) is 5.75 Å². The van der Waals surface area contributed by atoms with Crippen LogP contribution in [0.25, 0.3) is 0 Å². The predicted octanol–water partition coefficient (Wildman–Crippen LogP) is 3.39. The van der Waals surface area contributed by atoms with E-state index in [9.17, 15) is 5.11 Å². The normalized spacial score (nSPS) is 17.7. The van der Waals surface area contributed by atoms with Crippen LogP contribution in [-0.4, -0.2) is 42.1 Å². The van der Waals surface area contributed by atoms with E-state index in [-0.39, 0.29) is 0 Å². The Labute approximate surface area is 150 Å². The third-order valence-corrected chi connectivity index (χ3v) is 4.67. The van der Waals surface area contributed by atoms with Gasteiger partial charge in [-0.2, -0.15) is 0 Å². The summed E-state index contributed by atoms with van der Waals surface area (Å²) in [6.45, 7) is 5.75. The van der Waals surface area contributed by atoms with Crippen LogP contribution >= 0.6 is 0 Å². The largest absolute Gasteiger partial charge is 0.508 e. The average molecular weight is 337 g/mol. The van der Waals surface area contributed by atoms with Gasteiger partial charge in [0.2, 0.25) is 0 Å². The molecular weight excluding hydrogens is 310 g/mol. The fourth-order valence-electron chi connectivity index (χ4n) is 3.38. The van der Waals surface area contributed by atoms with E-state index in [4.69, 9.17) is 4.99 Å². The first kappa shape index (κ1) is 17.3. The summed E-state index contributed by atoms with van der Waals surface area (Å²) < 4.78 is 0. The molecule has 1 aliphatic heterocycles. The lowest BCUT2D eigenvalue weighted by Crippen LogP contribution is -2.40. The van der Waals surface area contributed by atoms with Gasteiger partial charge in [-0.1, -0.05) is 42.5 Å². The van der Waals surface area contributed by atoms with Gasteiger partial charge in [-0.05, 0) is 43.0 Å². The maximum atomic E-state index is 9.56. The molecule has 4 nitrogen and oxygen atoms in total. The van der Waals surface area contributed by atoms with Crippen molar-refractivity contribution in [1.82, 2.24) is 10.2 Å². The van der Waals surface area contributed by atoms with E-state index >= 15 is 0 Å². The number of likely N-dealkylation sites (tertiary alicyclic amines) is 1. The van der Waals surface area contributed by atoms with Crippen molar-refractivity contribution in [1.29, 1.82) is 0 Å². The third kappa shape index (κ3) is 4.75. The molecule has 0 spiro atoms. The number of hydrogen-bond acceptors (Lipinski definition) is 2. The van der Waals surface area contributed by atoms with Crippen molar-refractivity contribution >= 4 is 5.96 Å². The van der Waals surface area contributed by atoms with Crippen LogP contribution in [0.2, 0.25) is 0 Å². The monoisotopic (exact) mass is 337 g/mol. The summed E-state index contributed by atoms with van der Waals surface area (Å²) in [5.74, 6) is 1.90. The summed E-state index contributed by atoms with van der Waals surface area (Å²) in [7, 11) is 0. The first-order valence-electron chi connectivity index (χ1n) is 9.12. The number of aromatic hydroxyl groups is 1. The van der Waals surface area contributed by atoms with Gasteiger partial charge in [0.25, 0.3) is 0 Å². The second-order valence-corrected chi connectivity index (χ2v) is 6.50. The van der Waals surface area contributed by atoms with Gasteiger partial charge >= 0.3 is 0 Å². The Morgan fingerprint density at radius 2 is 2.04 bits per heavy atom. The fourth-order valence-corrected chi connectivity index (χ4v) is 3.38. The van der Waals surface area contributed by atoms with Crippen molar-refractivity contribution in [3.63, 3.8) is 0 Å². The highest BCUT2D eigenvalue weighted by Crippen LogP contribution is 2.26. The summed E-state index contributed by atoms with van der Waals surface area (Å²) in [6, 6.07) is 18.2. The van der Waals surface area contributed by atoms with Crippen LogP contribution < -0.4 is 5.32 Å². The lowest BCUT2D eigenvalue weighted by Gasteiger charge is -2.21. The van der Waals surface area contributed by atoms with Crippen molar-refractivity contribution < 1.29 is 5.11 Å².